The molecule has 1 fully saturated rings. The van der Waals surface area contributed by atoms with Crippen LogP contribution in [-0.4, -0.2) is 35.5 Å². The molecule has 2 heterocycles. The Hall–Kier alpha value is -1.95. The molecular weight excluding hydrogens is 263 g/mol. The molecule has 0 saturated carbocycles. The summed E-state index contributed by atoms with van der Waals surface area (Å²) in [4.78, 5) is 24.6. The number of benzene rings is 1. The van der Waals surface area contributed by atoms with Crippen LogP contribution >= 0.6 is 0 Å². The van der Waals surface area contributed by atoms with Gasteiger partial charge < -0.3 is 15.3 Å². The first kappa shape index (κ1) is 13.1. The van der Waals surface area contributed by atoms with Gasteiger partial charge in [0.15, 0.2) is 0 Å². The summed E-state index contributed by atoms with van der Waals surface area (Å²) < 4.78 is 14.1. The van der Waals surface area contributed by atoms with Gasteiger partial charge in [-0.05, 0) is 31.9 Å². The van der Waals surface area contributed by atoms with E-state index in [4.69, 9.17) is 0 Å². The van der Waals surface area contributed by atoms with Gasteiger partial charge in [-0.3, -0.25) is 9.59 Å². The highest BCUT2D eigenvalue weighted by Crippen LogP contribution is 2.33. The zero-order valence-corrected chi connectivity index (χ0v) is 11.1. The number of ketones is 1. The van der Waals surface area contributed by atoms with Crippen molar-refractivity contribution in [2.24, 2.45) is 0 Å². The summed E-state index contributed by atoms with van der Waals surface area (Å²) >= 11 is 0. The molecule has 0 unspecified atom stereocenters. The average molecular weight is 278 g/mol. The van der Waals surface area contributed by atoms with E-state index in [1.54, 1.807) is 6.92 Å². The molecule has 6 heteroatoms. The number of fused-ring (bicyclic) bond motifs is 1. The number of hydrogen-bond donors (Lipinski definition) is 2. The zero-order chi connectivity index (χ0) is 14.5. The second-order valence-corrected chi connectivity index (χ2v) is 5.62. The summed E-state index contributed by atoms with van der Waals surface area (Å²) in [5, 5.41) is 12.3. The Balaban J connectivity index is 1.91. The van der Waals surface area contributed by atoms with E-state index in [1.807, 2.05) is 4.90 Å². The minimum atomic E-state index is -0.724. The number of aliphatic hydroxyl groups is 1. The predicted octanol–water partition coefficient (Wildman–Crippen LogP) is 1.31. The van der Waals surface area contributed by atoms with Gasteiger partial charge in [-0.1, -0.05) is 0 Å². The van der Waals surface area contributed by atoms with Crippen molar-refractivity contribution < 1.29 is 19.1 Å². The molecule has 5 nitrogen and oxygen atoms in total. The molecule has 0 radical (unpaired) electrons. The third-order valence-electron chi connectivity index (χ3n) is 3.97. The van der Waals surface area contributed by atoms with Crippen molar-refractivity contribution in [3.05, 3.63) is 23.5 Å². The van der Waals surface area contributed by atoms with Gasteiger partial charge in [0.2, 0.25) is 0 Å². The summed E-state index contributed by atoms with van der Waals surface area (Å²) in [5.41, 5.74) is 0.0803. The summed E-state index contributed by atoms with van der Waals surface area (Å²) in [7, 11) is 0. The molecule has 106 valence electrons. The van der Waals surface area contributed by atoms with Crippen molar-refractivity contribution in [2.75, 3.05) is 23.3 Å². The fourth-order valence-electron chi connectivity index (χ4n) is 2.63. The molecule has 2 aliphatic rings. The normalized spacial score (nSPS) is 20.9. The first-order valence-electron chi connectivity index (χ1n) is 6.54. The third kappa shape index (κ3) is 2.06. The maximum Gasteiger partial charge on any atom is 0.296 e. The van der Waals surface area contributed by atoms with Crippen molar-refractivity contribution in [1.82, 2.24) is 0 Å². The number of rotatable bonds is 1. The third-order valence-corrected chi connectivity index (χ3v) is 3.97. The van der Waals surface area contributed by atoms with E-state index in [-0.39, 0.29) is 5.56 Å². The topological polar surface area (TPSA) is 69.6 Å². The van der Waals surface area contributed by atoms with Gasteiger partial charge in [-0.15, -0.1) is 0 Å². The lowest BCUT2D eigenvalue weighted by Gasteiger charge is -2.37. The maximum absolute atomic E-state index is 14.1. The molecule has 3 rings (SSSR count). The quantitative estimate of drug-likeness (QED) is 0.760. The SMILES string of the molecule is CC1(O)CCN(c2cc3c(cc2F)C(=O)C(=O)N3)CC1. The molecule has 2 aliphatic heterocycles. The molecule has 20 heavy (non-hydrogen) atoms. The summed E-state index contributed by atoms with van der Waals surface area (Å²) in [6.45, 7) is 2.83. The molecule has 0 aromatic heterocycles. The molecule has 1 aromatic carbocycles. The van der Waals surface area contributed by atoms with Crippen molar-refractivity contribution in [3.63, 3.8) is 0 Å². The summed E-state index contributed by atoms with van der Waals surface area (Å²) in [5.74, 6) is -1.94. The Morgan fingerprint density at radius 3 is 2.60 bits per heavy atom. The molecule has 1 amide bonds. The number of anilines is 2. The monoisotopic (exact) mass is 278 g/mol. The number of nitrogens with zero attached hydrogens (tertiary/aromatic N) is 1. The lowest BCUT2D eigenvalue weighted by atomic mass is 9.93. The molecule has 0 aliphatic carbocycles. The Morgan fingerprint density at radius 2 is 1.95 bits per heavy atom. The first-order valence-corrected chi connectivity index (χ1v) is 6.54. The van der Waals surface area contributed by atoms with Gasteiger partial charge >= 0.3 is 0 Å². The maximum atomic E-state index is 14.1. The number of hydrogen-bond acceptors (Lipinski definition) is 4. The van der Waals surface area contributed by atoms with Crippen LogP contribution in [-0.2, 0) is 4.79 Å². The largest absolute Gasteiger partial charge is 0.390 e. The van der Waals surface area contributed by atoms with Crippen LogP contribution in [0.15, 0.2) is 12.1 Å². The number of piperidine rings is 1. The van der Waals surface area contributed by atoms with E-state index in [0.29, 0.717) is 37.3 Å². The first-order chi connectivity index (χ1) is 9.37. The number of nitrogens with one attached hydrogen (secondary N) is 1. The van der Waals surface area contributed by atoms with Crippen molar-refractivity contribution in [2.45, 2.75) is 25.4 Å². The number of Topliss-reactive ketones (excluding diaryl/α,β-unsaturated/α-hetero) is 1. The minimum Gasteiger partial charge on any atom is -0.390 e. The Labute approximate surface area is 115 Å². The molecule has 0 spiro atoms. The molecular formula is C14H15FN2O3. The van der Waals surface area contributed by atoms with Crippen LogP contribution in [0, 0.1) is 5.82 Å². The van der Waals surface area contributed by atoms with Gasteiger partial charge in [0.25, 0.3) is 11.7 Å². The van der Waals surface area contributed by atoms with Crippen LogP contribution < -0.4 is 10.2 Å². The van der Waals surface area contributed by atoms with Crippen LogP contribution in [0.3, 0.4) is 0 Å². The number of amides is 1. The molecule has 0 atom stereocenters. The average Bonchev–Trinajstić information content (AvgIpc) is 2.65. The summed E-state index contributed by atoms with van der Waals surface area (Å²) in [6.07, 6.45) is 1.10. The Morgan fingerprint density at radius 1 is 1.30 bits per heavy atom. The van der Waals surface area contributed by atoms with Gasteiger partial charge in [-0.2, -0.15) is 0 Å². The fourth-order valence-corrected chi connectivity index (χ4v) is 2.63. The van der Waals surface area contributed by atoms with E-state index in [2.05, 4.69) is 5.32 Å². The van der Waals surface area contributed by atoms with E-state index in [0.717, 1.165) is 6.07 Å². The highest BCUT2D eigenvalue weighted by molar-refractivity contribution is 6.51. The van der Waals surface area contributed by atoms with E-state index in [9.17, 15) is 19.1 Å². The van der Waals surface area contributed by atoms with Crippen molar-refractivity contribution >= 4 is 23.1 Å². The van der Waals surface area contributed by atoms with Crippen LogP contribution in [0.5, 0.6) is 0 Å². The van der Waals surface area contributed by atoms with Crippen LogP contribution in [0.1, 0.15) is 30.1 Å². The van der Waals surface area contributed by atoms with Crippen LogP contribution in [0.4, 0.5) is 15.8 Å². The second kappa shape index (κ2) is 4.28. The molecule has 2 N–H and O–H groups in total. The van der Waals surface area contributed by atoms with E-state index < -0.39 is 23.1 Å². The standard InChI is InChI=1S/C14H15FN2O3/c1-14(20)2-4-17(5-3-14)11-7-10-8(6-9(11)15)12(18)13(19)16-10/h6-7,20H,2-5H2,1H3,(H,16,18,19). The van der Waals surface area contributed by atoms with Crippen LogP contribution in [0.25, 0.3) is 0 Å². The zero-order valence-electron chi connectivity index (χ0n) is 11.1. The van der Waals surface area contributed by atoms with Crippen molar-refractivity contribution in [3.8, 4) is 0 Å². The molecule has 1 aromatic rings. The predicted molar refractivity (Wildman–Crippen MR) is 71.4 cm³/mol. The smallest absolute Gasteiger partial charge is 0.296 e. The lowest BCUT2D eigenvalue weighted by molar-refractivity contribution is -0.112. The van der Waals surface area contributed by atoms with Gasteiger partial charge in [0, 0.05) is 13.1 Å². The van der Waals surface area contributed by atoms with E-state index >= 15 is 0 Å². The van der Waals surface area contributed by atoms with Gasteiger partial charge in [0.1, 0.15) is 5.82 Å². The van der Waals surface area contributed by atoms with E-state index in [1.165, 1.54) is 6.07 Å². The number of halogens is 1. The number of carbonyl (C=O) groups excluding carboxylic acids is 2. The highest BCUT2D eigenvalue weighted by atomic mass is 19.1. The molecule has 1 saturated heterocycles. The van der Waals surface area contributed by atoms with Crippen LogP contribution in [0.2, 0.25) is 0 Å². The Kier molecular flexibility index (Phi) is 2.79. The minimum absolute atomic E-state index is 0.0836. The lowest BCUT2D eigenvalue weighted by Crippen LogP contribution is -2.42. The second-order valence-electron chi connectivity index (χ2n) is 5.62. The molecule has 0 bridgehead atoms. The summed E-state index contributed by atoms with van der Waals surface area (Å²) in [6, 6.07) is 2.60. The highest BCUT2D eigenvalue weighted by Gasteiger charge is 2.32. The van der Waals surface area contributed by atoms with Gasteiger partial charge in [-0.25, -0.2) is 4.39 Å². The van der Waals surface area contributed by atoms with Crippen molar-refractivity contribution in [1.29, 1.82) is 0 Å². The fraction of sp³-hybridized carbons (Fsp3) is 0.429. The number of carbonyl (C=O) groups is 2. The van der Waals surface area contributed by atoms with Gasteiger partial charge in [0.05, 0.1) is 22.5 Å². The Bertz CT molecular complexity index is 603.